The van der Waals surface area contributed by atoms with Gasteiger partial charge >= 0.3 is 6.09 Å². The van der Waals surface area contributed by atoms with Gasteiger partial charge in [-0.2, -0.15) is 0 Å². The van der Waals surface area contributed by atoms with E-state index in [1.807, 2.05) is 32.9 Å². The standard InChI is InChI=1S/C16H26N2O4/c1-16(2,3)22-15(20)18(4)14-12(11-21-5)7-6-8-13(17-14)9-10-19/h6,8,19H,7,9-11H2,1-5H3. The number of rotatable bonds is 5. The number of aliphatic hydroxyl groups excluding tert-OH is 1. The zero-order valence-corrected chi connectivity index (χ0v) is 14.0. The smallest absolute Gasteiger partial charge is 0.415 e. The molecule has 0 aromatic carbocycles. The molecule has 1 aliphatic heterocycles. The molecule has 0 atom stereocenters. The quantitative estimate of drug-likeness (QED) is 0.847. The molecule has 1 amide bonds. The van der Waals surface area contributed by atoms with Crippen molar-refractivity contribution in [3.63, 3.8) is 0 Å². The monoisotopic (exact) mass is 310 g/mol. The van der Waals surface area contributed by atoms with Crippen LogP contribution in [0.15, 0.2) is 28.5 Å². The molecule has 1 aliphatic rings. The summed E-state index contributed by atoms with van der Waals surface area (Å²) in [6.45, 7) is 5.84. The van der Waals surface area contributed by atoms with Crippen LogP contribution in [0.5, 0.6) is 0 Å². The first-order valence-electron chi connectivity index (χ1n) is 7.31. The molecule has 0 saturated carbocycles. The fourth-order valence-electron chi connectivity index (χ4n) is 1.96. The molecule has 0 aromatic rings. The van der Waals surface area contributed by atoms with Gasteiger partial charge in [0.1, 0.15) is 11.4 Å². The minimum atomic E-state index is -0.575. The van der Waals surface area contributed by atoms with Crippen LogP contribution in [0.25, 0.3) is 0 Å². The predicted octanol–water partition coefficient (Wildman–Crippen LogP) is 2.49. The van der Waals surface area contributed by atoms with Crippen molar-refractivity contribution in [1.82, 2.24) is 4.90 Å². The van der Waals surface area contributed by atoms with Crippen LogP contribution in [0.2, 0.25) is 0 Å². The van der Waals surface area contributed by atoms with Crippen LogP contribution in [-0.4, -0.2) is 54.8 Å². The fourth-order valence-corrected chi connectivity index (χ4v) is 1.96. The van der Waals surface area contributed by atoms with Gasteiger partial charge < -0.3 is 14.6 Å². The van der Waals surface area contributed by atoms with E-state index in [4.69, 9.17) is 14.6 Å². The van der Waals surface area contributed by atoms with Crippen molar-refractivity contribution < 1.29 is 19.4 Å². The van der Waals surface area contributed by atoms with Crippen molar-refractivity contribution in [3.05, 3.63) is 23.5 Å². The Bertz CT molecular complexity index is 487. The molecule has 0 bridgehead atoms. The molecule has 1 rings (SSSR count). The number of aliphatic hydroxyl groups is 1. The summed E-state index contributed by atoms with van der Waals surface area (Å²) in [5, 5.41) is 9.11. The van der Waals surface area contributed by atoms with Gasteiger partial charge in [-0.15, -0.1) is 0 Å². The summed E-state index contributed by atoms with van der Waals surface area (Å²) < 4.78 is 10.6. The summed E-state index contributed by atoms with van der Waals surface area (Å²) in [5.74, 6) is 0.518. The number of carbonyl (C=O) groups excluding carboxylic acids is 1. The lowest BCUT2D eigenvalue weighted by Gasteiger charge is -2.26. The molecule has 0 radical (unpaired) electrons. The van der Waals surface area contributed by atoms with E-state index in [-0.39, 0.29) is 6.61 Å². The van der Waals surface area contributed by atoms with E-state index in [1.54, 1.807) is 14.2 Å². The molecule has 0 unspecified atom stereocenters. The number of methoxy groups -OCH3 is 1. The summed E-state index contributed by atoms with van der Waals surface area (Å²) in [5.41, 5.74) is 1.03. The molecule has 22 heavy (non-hydrogen) atoms. The maximum Gasteiger partial charge on any atom is 0.415 e. The van der Waals surface area contributed by atoms with E-state index in [1.165, 1.54) is 4.90 Å². The predicted molar refractivity (Wildman–Crippen MR) is 85.8 cm³/mol. The Morgan fingerprint density at radius 2 is 2.14 bits per heavy atom. The van der Waals surface area contributed by atoms with Gasteiger partial charge in [-0.25, -0.2) is 9.79 Å². The summed E-state index contributed by atoms with van der Waals surface area (Å²) >= 11 is 0. The molecule has 6 nitrogen and oxygen atoms in total. The van der Waals surface area contributed by atoms with Crippen LogP contribution in [0.3, 0.4) is 0 Å². The summed E-state index contributed by atoms with van der Waals surface area (Å²) in [4.78, 5) is 18.2. The second-order valence-electron chi connectivity index (χ2n) is 6.08. The Hall–Kier alpha value is -1.66. The van der Waals surface area contributed by atoms with Gasteiger partial charge in [0.15, 0.2) is 0 Å². The van der Waals surface area contributed by atoms with E-state index in [9.17, 15) is 4.79 Å². The van der Waals surface area contributed by atoms with Crippen LogP contribution >= 0.6 is 0 Å². The molecule has 0 fully saturated rings. The lowest BCUT2D eigenvalue weighted by molar-refractivity contribution is 0.0348. The largest absolute Gasteiger partial charge is 0.443 e. The fraction of sp³-hybridized carbons (Fsp3) is 0.625. The summed E-state index contributed by atoms with van der Waals surface area (Å²) in [7, 11) is 3.23. The number of ether oxygens (including phenoxy) is 2. The van der Waals surface area contributed by atoms with Crippen molar-refractivity contribution >= 4 is 11.8 Å². The normalized spacial score (nSPS) is 15.5. The van der Waals surface area contributed by atoms with Gasteiger partial charge in [0.25, 0.3) is 0 Å². The second kappa shape index (κ2) is 8.10. The van der Waals surface area contributed by atoms with E-state index in [0.29, 0.717) is 25.3 Å². The number of amides is 1. The maximum atomic E-state index is 12.3. The van der Waals surface area contributed by atoms with Crippen LogP contribution in [0, 0.1) is 0 Å². The second-order valence-corrected chi connectivity index (χ2v) is 6.08. The highest BCUT2D eigenvalue weighted by Crippen LogP contribution is 2.21. The van der Waals surface area contributed by atoms with Gasteiger partial charge in [0.05, 0.1) is 6.61 Å². The first kappa shape index (κ1) is 18.4. The van der Waals surface area contributed by atoms with Gasteiger partial charge in [0.2, 0.25) is 0 Å². The highest BCUT2D eigenvalue weighted by Gasteiger charge is 2.24. The molecule has 0 aromatic heterocycles. The number of nitrogens with zero attached hydrogens (tertiary/aromatic N) is 2. The topological polar surface area (TPSA) is 71.4 Å². The first-order chi connectivity index (χ1) is 10.3. The molecule has 0 spiro atoms. The first-order valence-corrected chi connectivity index (χ1v) is 7.31. The zero-order chi connectivity index (χ0) is 16.8. The van der Waals surface area contributed by atoms with Gasteiger partial charge in [-0.05, 0) is 33.3 Å². The Kier molecular flexibility index (Phi) is 6.77. The van der Waals surface area contributed by atoms with Crippen molar-refractivity contribution in [2.75, 3.05) is 27.4 Å². The van der Waals surface area contributed by atoms with Crippen LogP contribution in [-0.2, 0) is 9.47 Å². The SMILES string of the molecule is COCC1=C(N(C)C(=O)OC(C)(C)C)N=C(CCO)C=CC1. The molecule has 1 N–H and O–H groups in total. The van der Waals surface area contributed by atoms with Crippen LogP contribution < -0.4 is 0 Å². The molecular formula is C16H26N2O4. The third-order valence-corrected chi connectivity index (χ3v) is 2.91. The minimum Gasteiger partial charge on any atom is -0.443 e. The summed E-state index contributed by atoms with van der Waals surface area (Å²) in [6, 6.07) is 0. The van der Waals surface area contributed by atoms with Crippen molar-refractivity contribution in [2.24, 2.45) is 4.99 Å². The van der Waals surface area contributed by atoms with Crippen LogP contribution in [0.4, 0.5) is 4.79 Å². The van der Waals surface area contributed by atoms with Crippen molar-refractivity contribution in [3.8, 4) is 0 Å². The lowest BCUT2D eigenvalue weighted by atomic mass is 10.2. The lowest BCUT2D eigenvalue weighted by Crippen LogP contribution is -2.34. The number of hydrogen-bond acceptors (Lipinski definition) is 5. The third-order valence-electron chi connectivity index (χ3n) is 2.91. The van der Waals surface area contributed by atoms with Gasteiger partial charge in [-0.3, -0.25) is 4.90 Å². The van der Waals surface area contributed by atoms with Crippen molar-refractivity contribution in [1.29, 1.82) is 0 Å². The Morgan fingerprint density at radius 1 is 1.45 bits per heavy atom. The summed E-state index contributed by atoms with van der Waals surface area (Å²) in [6.07, 6.45) is 4.42. The minimum absolute atomic E-state index is 0.00617. The third kappa shape index (κ3) is 5.61. The molecule has 6 heteroatoms. The van der Waals surface area contributed by atoms with E-state index in [2.05, 4.69) is 4.99 Å². The molecular weight excluding hydrogens is 284 g/mol. The Labute approximate surface area is 132 Å². The highest BCUT2D eigenvalue weighted by molar-refractivity contribution is 5.96. The Balaban J connectivity index is 3.10. The van der Waals surface area contributed by atoms with Crippen molar-refractivity contribution in [2.45, 2.75) is 39.2 Å². The molecule has 124 valence electrons. The number of allylic oxidation sites excluding steroid dienone is 2. The van der Waals surface area contributed by atoms with E-state index in [0.717, 1.165) is 11.3 Å². The average molecular weight is 310 g/mol. The molecule has 1 heterocycles. The van der Waals surface area contributed by atoms with Gasteiger partial charge in [-0.1, -0.05) is 6.08 Å². The maximum absolute atomic E-state index is 12.3. The van der Waals surface area contributed by atoms with E-state index < -0.39 is 11.7 Å². The van der Waals surface area contributed by atoms with E-state index >= 15 is 0 Å². The Morgan fingerprint density at radius 3 is 2.68 bits per heavy atom. The number of carbonyl (C=O) groups is 1. The number of hydrogen-bond donors (Lipinski definition) is 1. The molecule has 0 aliphatic carbocycles. The molecule has 0 saturated heterocycles. The average Bonchev–Trinajstić information content (AvgIpc) is 2.60. The van der Waals surface area contributed by atoms with Crippen LogP contribution in [0.1, 0.15) is 33.6 Å². The highest BCUT2D eigenvalue weighted by atomic mass is 16.6. The zero-order valence-electron chi connectivity index (χ0n) is 14.0. The number of aliphatic imine (C=N–C) groups is 1. The van der Waals surface area contributed by atoms with Gasteiger partial charge in [0, 0.05) is 38.5 Å².